The molecule has 0 aliphatic carbocycles. The van der Waals surface area contributed by atoms with Crippen LogP contribution in [0.25, 0.3) is 0 Å². The van der Waals surface area contributed by atoms with Gasteiger partial charge in [0.05, 0.1) is 4.92 Å². The van der Waals surface area contributed by atoms with Crippen molar-refractivity contribution in [1.82, 2.24) is 14.9 Å². The van der Waals surface area contributed by atoms with Crippen LogP contribution in [0.15, 0.2) is 6.20 Å². The maximum Gasteiger partial charge on any atom is 0.329 e. The molecule has 1 aromatic rings. The number of nitro groups is 1. The number of nitrogen functional groups attached to an aromatic ring is 1. The van der Waals surface area contributed by atoms with Crippen molar-refractivity contribution in [2.75, 3.05) is 31.7 Å². The summed E-state index contributed by atoms with van der Waals surface area (Å²) >= 11 is 0. The van der Waals surface area contributed by atoms with E-state index in [-0.39, 0.29) is 29.4 Å². The molecular formula is C11H20N6O2. The highest BCUT2D eigenvalue weighted by Gasteiger charge is 2.22. The SMILES string of the molecule is CC(C)C(CN(C)C)Nc1nc(N)ncc1[N+](=O)[O-]. The largest absolute Gasteiger partial charge is 0.368 e. The quantitative estimate of drug-likeness (QED) is 0.584. The Morgan fingerprint density at radius 1 is 1.53 bits per heavy atom. The van der Waals surface area contributed by atoms with Crippen LogP contribution in [0.1, 0.15) is 13.8 Å². The Morgan fingerprint density at radius 3 is 2.63 bits per heavy atom. The van der Waals surface area contributed by atoms with Gasteiger partial charge in [-0.2, -0.15) is 4.98 Å². The van der Waals surface area contributed by atoms with Crippen LogP contribution in [0.3, 0.4) is 0 Å². The van der Waals surface area contributed by atoms with Crippen LogP contribution in [0, 0.1) is 16.0 Å². The molecular weight excluding hydrogens is 248 g/mol. The van der Waals surface area contributed by atoms with E-state index in [1.54, 1.807) is 0 Å². The first-order valence-electron chi connectivity index (χ1n) is 5.99. The lowest BCUT2D eigenvalue weighted by molar-refractivity contribution is -0.384. The number of nitrogens with one attached hydrogen (secondary N) is 1. The molecule has 1 heterocycles. The van der Waals surface area contributed by atoms with E-state index >= 15 is 0 Å². The van der Waals surface area contributed by atoms with Crippen LogP contribution in [0.4, 0.5) is 17.5 Å². The molecule has 3 N–H and O–H groups in total. The molecule has 0 radical (unpaired) electrons. The van der Waals surface area contributed by atoms with Gasteiger partial charge in [0.25, 0.3) is 0 Å². The molecule has 0 aliphatic rings. The topological polar surface area (TPSA) is 110 Å². The van der Waals surface area contributed by atoms with Gasteiger partial charge in [-0.25, -0.2) is 4.98 Å². The second kappa shape index (κ2) is 6.28. The van der Waals surface area contributed by atoms with Gasteiger partial charge >= 0.3 is 5.69 Å². The second-order valence-corrected chi connectivity index (χ2v) is 4.98. The predicted molar refractivity (Wildman–Crippen MR) is 73.9 cm³/mol. The molecule has 0 fully saturated rings. The smallest absolute Gasteiger partial charge is 0.329 e. The molecule has 19 heavy (non-hydrogen) atoms. The van der Waals surface area contributed by atoms with Crippen molar-refractivity contribution < 1.29 is 4.92 Å². The van der Waals surface area contributed by atoms with E-state index in [2.05, 4.69) is 15.3 Å². The molecule has 0 spiro atoms. The molecule has 0 aliphatic heterocycles. The highest BCUT2D eigenvalue weighted by molar-refractivity contribution is 5.56. The normalized spacial score (nSPS) is 12.7. The van der Waals surface area contributed by atoms with Crippen molar-refractivity contribution in [3.63, 3.8) is 0 Å². The van der Waals surface area contributed by atoms with Gasteiger partial charge in [-0.1, -0.05) is 13.8 Å². The van der Waals surface area contributed by atoms with Gasteiger partial charge in [-0.3, -0.25) is 10.1 Å². The number of nitrogens with zero attached hydrogens (tertiary/aromatic N) is 4. The Labute approximate surface area is 112 Å². The Kier molecular flexibility index (Phi) is 4.99. The summed E-state index contributed by atoms with van der Waals surface area (Å²) in [7, 11) is 3.89. The van der Waals surface area contributed by atoms with Crippen LogP contribution in [-0.2, 0) is 0 Å². The van der Waals surface area contributed by atoms with Crippen LogP contribution in [0.2, 0.25) is 0 Å². The number of rotatable bonds is 6. The molecule has 0 bridgehead atoms. The number of hydrogen-bond acceptors (Lipinski definition) is 7. The minimum Gasteiger partial charge on any atom is -0.368 e. The summed E-state index contributed by atoms with van der Waals surface area (Å²) in [4.78, 5) is 20.0. The highest BCUT2D eigenvalue weighted by Crippen LogP contribution is 2.23. The van der Waals surface area contributed by atoms with Crippen LogP contribution < -0.4 is 11.1 Å². The zero-order valence-electron chi connectivity index (χ0n) is 11.6. The third-order valence-corrected chi connectivity index (χ3v) is 2.67. The van der Waals surface area contributed by atoms with Gasteiger partial charge in [0.1, 0.15) is 6.20 Å². The van der Waals surface area contributed by atoms with Crippen molar-refractivity contribution in [2.45, 2.75) is 19.9 Å². The first kappa shape index (κ1) is 15.1. The number of anilines is 2. The lowest BCUT2D eigenvalue weighted by Gasteiger charge is -2.25. The standard InChI is InChI=1S/C11H20N6O2/c1-7(2)8(6-16(3)4)14-10-9(17(18)19)5-13-11(12)15-10/h5,7-8H,6H2,1-4H3,(H3,12,13,14,15). The summed E-state index contributed by atoms with van der Waals surface area (Å²) in [6, 6.07) is 0.0306. The fraction of sp³-hybridized carbons (Fsp3) is 0.636. The molecule has 8 heteroatoms. The van der Waals surface area contributed by atoms with Gasteiger partial charge < -0.3 is 16.0 Å². The van der Waals surface area contributed by atoms with Crippen molar-refractivity contribution in [3.8, 4) is 0 Å². The first-order valence-corrected chi connectivity index (χ1v) is 5.99. The van der Waals surface area contributed by atoms with E-state index in [0.29, 0.717) is 0 Å². The minimum absolute atomic E-state index is 0.0143. The summed E-state index contributed by atoms with van der Waals surface area (Å²) in [5.74, 6) is 0.469. The zero-order chi connectivity index (χ0) is 14.6. The Morgan fingerprint density at radius 2 is 2.16 bits per heavy atom. The third kappa shape index (κ3) is 4.32. The van der Waals surface area contributed by atoms with E-state index in [9.17, 15) is 10.1 Å². The molecule has 0 saturated carbocycles. The molecule has 1 unspecified atom stereocenters. The first-order chi connectivity index (χ1) is 8.81. The summed E-state index contributed by atoms with van der Waals surface area (Å²) in [6.45, 7) is 4.81. The van der Waals surface area contributed by atoms with Crippen molar-refractivity contribution in [3.05, 3.63) is 16.3 Å². The van der Waals surface area contributed by atoms with Crippen molar-refractivity contribution in [2.24, 2.45) is 5.92 Å². The van der Waals surface area contributed by atoms with E-state index < -0.39 is 4.92 Å². The summed E-state index contributed by atoms with van der Waals surface area (Å²) in [6.07, 6.45) is 1.12. The van der Waals surface area contributed by atoms with E-state index in [0.717, 1.165) is 12.7 Å². The zero-order valence-corrected chi connectivity index (χ0v) is 11.6. The molecule has 0 aromatic carbocycles. The molecule has 106 valence electrons. The van der Waals surface area contributed by atoms with E-state index in [4.69, 9.17) is 5.73 Å². The van der Waals surface area contributed by atoms with Gasteiger partial charge in [0.2, 0.25) is 11.8 Å². The monoisotopic (exact) mass is 268 g/mol. The maximum atomic E-state index is 10.9. The van der Waals surface area contributed by atoms with Crippen LogP contribution >= 0.6 is 0 Å². The molecule has 1 atom stereocenters. The maximum absolute atomic E-state index is 10.9. The molecule has 1 aromatic heterocycles. The number of nitrogens with two attached hydrogens (primary N) is 1. The fourth-order valence-corrected chi connectivity index (χ4v) is 1.62. The second-order valence-electron chi connectivity index (χ2n) is 4.98. The van der Waals surface area contributed by atoms with Crippen molar-refractivity contribution >= 4 is 17.5 Å². The summed E-state index contributed by atoms with van der Waals surface area (Å²) < 4.78 is 0. The minimum atomic E-state index is -0.519. The average Bonchev–Trinajstić information content (AvgIpc) is 2.26. The van der Waals surface area contributed by atoms with E-state index in [1.165, 1.54) is 0 Å². The van der Waals surface area contributed by atoms with Gasteiger partial charge in [0, 0.05) is 12.6 Å². The highest BCUT2D eigenvalue weighted by atomic mass is 16.6. The lowest BCUT2D eigenvalue weighted by atomic mass is 10.0. The molecule has 8 nitrogen and oxygen atoms in total. The summed E-state index contributed by atoms with van der Waals surface area (Å²) in [5, 5.41) is 14.0. The van der Waals surface area contributed by atoms with Gasteiger partial charge in [-0.05, 0) is 20.0 Å². The molecule has 0 saturated heterocycles. The third-order valence-electron chi connectivity index (χ3n) is 2.67. The van der Waals surface area contributed by atoms with Crippen LogP contribution in [-0.4, -0.2) is 46.5 Å². The predicted octanol–water partition coefficient (Wildman–Crippen LogP) is 0.965. The fourth-order valence-electron chi connectivity index (χ4n) is 1.62. The number of hydrogen-bond donors (Lipinski definition) is 2. The van der Waals surface area contributed by atoms with E-state index in [1.807, 2.05) is 32.8 Å². The Hall–Kier alpha value is -1.96. The molecule has 0 amide bonds. The summed E-state index contributed by atoms with van der Waals surface area (Å²) in [5.41, 5.74) is 5.32. The average molecular weight is 268 g/mol. The number of aromatic nitrogens is 2. The lowest BCUT2D eigenvalue weighted by Crippen LogP contribution is -2.37. The van der Waals surface area contributed by atoms with Crippen LogP contribution in [0.5, 0.6) is 0 Å². The van der Waals surface area contributed by atoms with Gasteiger partial charge in [-0.15, -0.1) is 0 Å². The number of likely N-dealkylation sites (N-methyl/N-ethyl adjacent to an activating group) is 1. The Bertz CT molecular complexity index is 449. The van der Waals surface area contributed by atoms with Crippen molar-refractivity contribution in [1.29, 1.82) is 0 Å². The Balaban J connectivity index is 3.01. The molecule has 1 rings (SSSR count). The van der Waals surface area contributed by atoms with Gasteiger partial charge in [0.15, 0.2) is 0 Å².